The molecule has 0 aromatic rings. The Bertz CT molecular complexity index is 125. The molecular formula is C7H15NO3. The predicted octanol–water partition coefficient (Wildman–Crippen LogP) is 0.0709. The van der Waals surface area contributed by atoms with Crippen molar-refractivity contribution in [3.63, 3.8) is 0 Å². The Morgan fingerprint density at radius 3 is 2.55 bits per heavy atom. The lowest BCUT2D eigenvalue weighted by atomic mass is 10.1. The number of hydrogen-bond donors (Lipinski definition) is 2. The van der Waals surface area contributed by atoms with Gasteiger partial charge in [0.1, 0.15) is 6.61 Å². The van der Waals surface area contributed by atoms with Gasteiger partial charge < -0.3 is 15.6 Å². The van der Waals surface area contributed by atoms with Crippen LogP contribution < -0.4 is 5.73 Å². The van der Waals surface area contributed by atoms with Gasteiger partial charge in [0.25, 0.3) is 0 Å². The molecule has 0 aliphatic rings. The summed E-state index contributed by atoms with van der Waals surface area (Å²) in [5.41, 5.74) is 5.58. The highest BCUT2D eigenvalue weighted by molar-refractivity contribution is 5.67. The Hall–Kier alpha value is -0.610. The molecule has 3 N–H and O–H groups in total. The van der Waals surface area contributed by atoms with Crippen LogP contribution in [0.25, 0.3) is 0 Å². The van der Waals surface area contributed by atoms with Crippen LogP contribution in [0.5, 0.6) is 0 Å². The van der Waals surface area contributed by atoms with E-state index >= 15 is 0 Å². The Labute approximate surface area is 66.3 Å². The Kier molecular flexibility index (Phi) is 4.81. The van der Waals surface area contributed by atoms with Gasteiger partial charge in [-0.25, -0.2) is 4.79 Å². The van der Waals surface area contributed by atoms with Gasteiger partial charge in [-0.05, 0) is 5.92 Å². The second-order valence-corrected chi connectivity index (χ2v) is 2.82. The molecule has 0 amide bonds. The lowest BCUT2D eigenvalue weighted by Gasteiger charge is -2.14. The van der Waals surface area contributed by atoms with E-state index in [2.05, 4.69) is 0 Å². The minimum Gasteiger partial charge on any atom is -0.480 e. The van der Waals surface area contributed by atoms with Crippen molar-refractivity contribution in [1.29, 1.82) is 0 Å². The van der Waals surface area contributed by atoms with E-state index in [1.807, 2.05) is 13.8 Å². The fourth-order valence-corrected chi connectivity index (χ4v) is 0.475. The third-order valence-corrected chi connectivity index (χ3v) is 1.39. The van der Waals surface area contributed by atoms with Crippen LogP contribution in [0.3, 0.4) is 0 Å². The average molecular weight is 161 g/mol. The van der Waals surface area contributed by atoms with E-state index in [1.165, 1.54) is 0 Å². The van der Waals surface area contributed by atoms with E-state index in [-0.39, 0.29) is 12.6 Å². The monoisotopic (exact) mass is 161 g/mol. The number of ether oxygens (including phenoxy) is 1. The van der Waals surface area contributed by atoms with Crippen molar-refractivity contribution in [3.8, 4) is 0 Å². The first-order chi connectivity index (χ1) is 5.04. The third kappa shape index (κ3) is 5.82. The minimum atomic E-state index is -0.957. The molecule has 0 fully saturated rings. The van der Waals surface area contributed by atoms with Gasteiger partial charge in [-0.2, -0.15) is 0 Å². The molecule has 0 unspecified atom stereocenters. The number of hydrogen-bond acceptors (Lipinski definition) is 3. The van der Waals surface area contributed by atoms with E-state index in [0.717, 1.165) is 0 Å². The molecule has 0 aromatic heterocycles. The van der Waals surface area contributed by atoms with E-state index in [9.17, 15) is 4.79 Å². The fraction of sp³-hybridized carbons (Fsp3) is 0.857. The summed E-state index contributed by atoms with van der Waals surface area (Å²) in [6.45, 7) is 3.98. The van der Waals surface area contributed by atoms with Crippen LogP contribution in [0.1, 0.15) is 13.8 Å². The van der Waals surface area contributed by atoms with E-state index in [1.54, 1.807) is 0 Å². The summed E-state index contributed by atoms with van der Waals surface area (Å²) in [4.78, 5) is 9.98. The molecule has 1 atom stereocenters. The highest BCUT2D eigenvalue weighted by Gasteiger charge is 2.07. The highest BCUT2D eigenvalue weighted by Crippen LogP contribution is 1.97. The van der Waals surface area contributed by atoms with Crippen LogP contribution in [0, 0.1) is 5.92 Å². The Morgan fingerprint density at radius 2 is 2.18 bits per heavy atom. The van der Waals surface area contributed by atoms with Crippen molar-refractivity contribution in [2.24, 2.45) is 11.7 Å². The van der Waals surface area contributed by atoms with Crippen molar-refractivity contribution in [2.45, 2.75) is 19.9 Å². The molecule has 0 rings (SSSR count). The van der Waals surface area contributed by atoms with Gasteiger partial charge in [0, 0.05) is 6.04 Å². The standard InChI is InChI=1S/C7H15NO3/c1-5(2)6(8)3-11-4-7(9)10/h5-6H,3-4,8H2,1-2H3,(H,9,10)/t6-/m0/s1. The molecule has 0 radical (unpaired) electrons. The van der Waals surface area contributed by atoms with Crippen LogP contribution in [-0.4, -0.2) is 30.3 Å². The van der Waals surface area contributed by atoms with Crippen molar-refractivity contribution in [2.75, 3.05) is 13.2 Å². The van der Waals surface area contributed by atoms with Gasteiger partial charge in [-0.1, -0.05) is 13.8 Å². The molecule has 0 spiro atoms. The maximum Gasteiger partial charge on any atom is 0.329 e. The average Bonchev–Trinajstić information content (AvgIpc) is 1.86. The van der Waals surface area contributed by atoms with Gasteiger partial charge >= 0.3 is 5.97 Å². The molecule has 4 heteroatoms. The largest absolute Gasteiger partial charge is 0.480 e. The van der Waals surface area contributed by atoms with Crippen molar-refractivity contribution in [3.05, 3.63) is 0 Å². The molecular weight excluding hydrogens is 146 g/mol. The quantitative estimate of drug-likeness (QED) is 0.598. The summed E-state index contributed by atoms with van der Waals surface area (Å²) in [5.74, 6) is -0.634. The van der Waals surface area contributed by atoms with Gasteiger partial charge in [0.2, 0.25) is 0 Å². The summed E-state index contributed by atoms with van der Waals surface area (Å²) in [7, 11) is 0. The molecule has 4 nitrogen and oxygen atoms in total. The summed E-state index contributed by atoms with van der Waals surface area (Å²) < 4.78 is 4.79. The number of carboxylic acids is 1. The number of carboxylic acid groups (broad SMARTS) is 1. The summed E-state index contributed by atoms with van der Waals surface area (Å²) in [6.07, 6.45) is 0. The SMILES string of the molecule is CC(C)[C@@H](N)COCC(=O)O. The molecule has 0 bridgehead atoms. The summed E-state index contributed by atoms with van der Waals surface area (Å²) in [6, 6.07) is -0.0747. The van der Waals surface area contributed by atoms with Crippen molar-refractivity contribution < 1.29 is 14.6 Å². The molecule has 0 heterocycles. The highest BCUT2D eigenvalue weighted by atomic mass is 16.5. The molecule has 0 saturated heterocycles. The normalized spacial score (nSPS) is 13.5. The van der Waals surface area contributed by atoms with Crippen LogP contribution in [-0.2, 0) is 9.53 Å². The number of rotatable bonds is 5. The smallest absolute Gasteiger partial charge is 0.329 e. The molecule has 0 aliphatic carbocycles. The predicted molar refractivity (Wildman–Crippen MR) is 41.3 cm³/mol. The zero-order valence-electron chi connectivity index (χ0n) is 6.91. The van der Waals surface area contributed by atoms with Gasteiger partial charge in [0.05, 0.1) is 6.61 Å². The van der Waals surface area contributed by atoms with Crippen LogP contribution >= 0.6 is 0 Å². The molecule has 0 aromatic carbocycles. The van der Waals surface area contributed by atoms with Crippen LogP contribution in [0.4, 0.5) is 0 Å². The first-order valence-electron chi connectivity index (χ1n) is 3.59. The minimum absolute atomic E-state index is 0.0747. The summed E-state index contributed by atoms with van der Waals surface area (Å²) in [5, 5.41) is 8.20. The van der Waals surface area contributed by atoms with E-state index in [4.69, 9.17) is 15.6 Å². The van der Waals surface area contributed by atoms with Gasteiger partial charge in [-0.15, -0.1) is 0 Å². The topological polar surface area (TPSA) is 72.5 Å². The third-order valence-electron chi connectivity index (χ3n) is 1.39. The van der Waals surface area contributed by atoms with Crippen molar-refractivity contribution in [1.82, 2.24) is 0 Å². The van der Waals surface area contributed by atoms with Gasteiger partial charge in [-0.3, -0.25) is 0 Å². The fourth-order valence-electron chi connectivity index (χ4n) is 0.475. The van der Waals surface area contributed by atoms with Crippen LogP contribution in [0.2, 0.25) is 0 Å². The van der Waals surface area contributed by atoms with Crippen LogP contribution in [0.15, 0.2) is 0 Å². The maximum absolute atomic E-state index is 9.98. The molecule has 66 valence electrons. The Morgan fingerprint density at radius 1 is 1.64 bits per heavy atom. The Balaban J connectivity index is 3.31. The molecule has 11 heavy (non-hydrogen) atoms. The van der Waals surface area contributed by atoms with E-state index < -0.39 is 5.97 Å². The molecule has 0 aliphatic heterocycles. The molecule has 0 saturated carbocycles. The van der Waals surface area contributed by atoms with E-state index in [0.29, 0.717) is 12.5 Å². The lowest BCUT2D eigenvalue weighted by Crippen LogP contribution is -2.32. The van der Waals surface area contributed by atoms with Crippen molar-refractivity contribution >= 4 is 5.97 Å². The number of aliphatic carboxylic acids is 1. The second-order valence-electron chi connectivity index (χ2n) is 2.82. The number of carbonyl (C=O) groups is 1. The van der Waals surface area contributed by atoms with Gasteiger partial charge in [0.15, 0.2) is 0 Å². The first-order valence-corrected chi connectivity index (χ1v) is 3.59. The lowest BCUT2D eigenvalue weighted by molar-refractivity contribution is -0.142. The maximum atomic E-state index is 9.98. The zero-order valence-corrected chi connectivity index (χ0v) is 6.91. The number of nitrogens with two attached hydrogens (primary N) is 1. The first kappa shape index (κ1) is 10.4. The summed E-state index contributed by atoms with van der Waals surface area (Å²) >= 11 is 0. The second kappa shape index (κ2) is 5.09. The zero-order chi connectivity index (χ0) is 8.85.